The molecule has 36 heavy (non-hydrogen) atoms. The number of hydrogen-bond acceptors (Lipinski definition) is 5. The monoisotopic (exact) mass is 511 g/mol. The third-order valence-electron chi connectivity index (χ3n) is 5.88. The largest absolute Gasteiger partial charge is 0.491 e. The molecule has 8 heteroatoms. The van der Waals surface area contributed by atoms with Gasteiger partial charge in [-0.25, -0.2) is 9.78 Å². The van der Waals surface area contributed by atoms with E-state index >= 15 is 0 Å². The quantitative estimate of drug-likeness (QED) is 0.291. The molecule has 2 heterocycles. The molecule has 0 aliphatic carbocycles. The zero-order valence-corrected chi connectivity index (χ0v) is 22.8. The third-order valence-corrected chi connectivity index (χ3v) is 6.49. The predicted molar refractivity (Wildman–Crippen MR) is 148 cm³/mol. The molecule has 0 aliphatic heterocycles. The number of carbonyl (C=O) groups is 1. The van der Waals surface area contributed by atoms with Crippen LogP contribution in [0.2, 0.25) is 0 Å². The number of unbranched alkanes of at least 4 members (excludes halogenated alkanes) is 1. The number of pyridine rings is 1. The zero-order chi connectivity index (χ0) is 26.5. The second-order valence-electron chi connectivity index (χ2n) is 10.5. The van der Waals surface area contributed by atoms with Crippen molar-refractivity contribution in [1.82, 2.24) is 14.9 Å². The van der Waals surface area contributed by atoms with Crippen molar-refractivity contribution in [2.45, 2.75) is 67.0 Å². The lowest BCUT2D eigenvalue weighted by Crippen LogP contribution is -2.40. The number of aromatic nitrogens is 2. The van der Waals surface area contributed by atoms with Gasteiger partial charge < -0.3 is 19.7 Å². The van der Waals surface area contributed by atoms with Crippen LogP contribution in [-0.2, 0) is 6.54 Å². The first-order valence-electron chi connectivity index (χ1n) is 12.4. The highest BCUT2D eigenvalue weighted by Gasteiger charge is 2.35. The molecule has 0 saturated heterocycles. The van der Waals surface area contributed by atoms with Crippen molar-refractivity contribution in [2.75, 3.05) is 6.61 Å². The lowest BCUT2D eigenvalue weighted by Gasteiger charge is -2.34. The van der Waals surface area contributed by atoms with Crippen LogP contribution in [0.5, 0.6) is 5.75 Å². The van der Waals surface area contributed by atoms with Crippen LogP contribution in [0.3, 0.4) is 0 Å². The van der Waals surface area contributed by atoms with Gasteiger partial charge in [0.05, 0.1) is 34.9 Å². The van der Waals surface area contributed by atoms with E-state index in [1.165, 1.54) is 11.3 Å². The number of rotatable bonds is 10. The highest BCUT2D eigenvalue weighted by atomic mass is 32.1. The van der Waals surface area contributed by atoms with Gasteiger partial charge in [0.15, 0.2) is 0 Å². The minimum absolute atomic E-state index is 0.145. The fourth-order valence-electron chi connectivity index (χ4n) is 4.16. The Bertz CT molecular complexity index is 1270. The Morgan fingerprint density at radius 2 is 2.00 bits per heavy atom. The summed E-state index contributed by atoms with van der Waals surface area (Å²) in [6.07, 6.45) is 4.55. The molecular formula is C28H37N3O4S. The lowest BCUT2D eigenvalue weighted by atomic mass is 9.83. The summed E-state index contributed by atoms with van der Waals surface area (Å²) < 4.78 is 8.12. The summed E-state index contributed by atoms with van der Waals surface area (Å²) in [5, 5.41) is 15.6. The normalized spacial score (nSPS) is 13.0. The average Bonchev–Trinajstić information content (AvgIpc) is 3.32. The number of carboxylic acid groups (broad SMARTS) is 1. The van der Waals surface area contributed by atoms with Gasteiger partial charge in [-0.05, 0) is 41.5 Å². The Morgan fingerprint density at radius 1 is 1.25 bits per heavy atom. The van der Waals surface area contributed by atoms with Crippen LogP contribution >= 0.6 is 11.3 Å². The van der Waals surface area contributed by atoms with Crippen LogP contribution in [0.15, 0.2) is 33.9 Å². The Morgan fingerprint density at radius 3 is 2.58 bits per heavy atom. The Kier molecular flexibility index (Phi) is 8.95. The van der Waals surface area contributed by atoms with E-state index in [1.54, 1.807) is 10.1 Å². The van der Waals surface area contributed by atoms with Crippen molar-refractivity contribution in [2.24, 2.45) is 11.3 Å². The molecule has 2 aromatic heterocycles. The summed E-state index contributed by atoms with van der Waals surface area (Å²) in [7, 11) is 0. The van der Waals surface area contributed by atoms with Gasteiger partial charge in [0.1, 0.15) is 5.75 Å². The number of thiazole rings is 1. The second-order valence-corrected chi connectivity index (χ2v) is 11.2. The average molecular weight is 512 g/mol. The van der Waals surface area contributed by atoms with Gasteiger partial charge in [0.2, 0.25) is 0 Å². The maximum atomic E-state index is 13.8. The number of amides is 1. The van der Waals surface area contributed by atoms with Crippen LogP contribution in [0.4, 0.5) is 4.79 Å². The van der Waals surface area contributed by atoms with E-state index in [0.29, 0.717) is 35.4 Å². The standard InChI is InChI=1S/C28H37N3O4S/c1-7-8-13-35-24-22-14-19(9-11-20-16-36-17-29-20)10-12-21(22)26(32)31(15-18(2)3)23(24)25(28(4,5)6)30-27(33)34/h9-12,14,16-18,25,30H,7-8,13,15H2,1-6H3,(H,33,34)/b11-9+. The van der Waals surface area contributed by atoms with Gasteiger partial charge in [0.25, 0.3) is 5.56 Å². The first-order valence-corrected chi connectivity index (χ1v) is 13.4. The smallest absolute Gasteiger partial charge is 0.405 e. The second kappa shape index (κ2) is 11.7. The topological polar surface area (TPSA) is 93.5 Å². The summed E-state index contributed by atoms with van der Waals surface area (Å²) in [6, 6.07) is 5.04. The molecule has 1 atom stereocenters. The first kappa shape index (κ1) is 27.5. The molecule has 0 radical (unpaired) electrons. The van der Waals surface area contributed by atoms with Gasteiger partial charge in [-0.3, -0.25) is 4.79 Å². The van der Waals surface area contributed by atoms with E-state index in [0.717, 1.165) is 24.1 Å². The minimum atomic E-state index is -1.14. The summed E-state index contributed by atoms with van der Waals surface area (Å²) in [4.78, 5) is 30.0. The third kappa shape index (κ3) is 6.55. The molecule has 0 aliphatic rings. The number of nitrogens with one attached hydrogen (secondary N) is 1. The van der Waals surface area contributed by atoms with Gasteiger partial charge in [0, 0.05) is 17.3 Å². The molecular weight excluding hydrogens is 474 g/mol. The molecule has 2 N–H and O–H groups in total. The molecule has 0 fully saturated rings. The van der Waals surface area contributed by atoms with Crippen molar-refractivity contribution in [3.8, 4) is 5.75 Å². The van der Waals surface area contributed by atoms with Crippen molar-refractivity contribution in [1.29, 1.82) is 0 Å². The van der Waals surface area contributed by atoms with Crippen molar-refractivity contribution in [3.63, 3.8) is 0 Å². The van der Waals surface area contributed by atoms with Crippen LogP contribution < -0.4 is 15.6 Å². The Balaban J connectivity index is 2.35. The number of fused-ring (bicyclic) bond motifs is 1. The zero-order valence-electron chi connectivity index (χ0n) is 22.0. The number of benzene rings is 1. The van der Waals surface area contributed by atoms with Crippen molar-refractivity contribution >= 4 is 40.4 Å². The van der Waals surface area contributed by atoms with Crippen LogP contribution in [0.25, 0.3) is 22.9 Å². The first-order chi connectivity index (χ1) is 17.0. The summed E-state index contributed by atoms with van der Waals surface area (Å²) in [6.45, 7) is 13.0. The van der Waals surface area contributed by atoms with E-state index in [-0.39, 0.29) is 11.5 Å². The number of nitrogens with zero attached hydrogens (tertiary/aromatic N) is 2. The Labute approximate surface area is 216 Å². The molecule has 7 nitrogen and oxygen atoms in total. The van der Waals surface area contributed by atoms with Gasteiger partial charge >= 0.3 is 6.09 Å². The number of ether oxygens (including phenoxy) is 1. The molecule has 0 spiro atoms. The highest BCUT2D eigenvalue weighted by molar-refractivity contribution is 7.07. The molecule has 3 rings (SSSR count). The maximum absolute atomic E-state index is 13.8. The molecule has 1 unspecified atom stereocenters. The molecule has 194 valence electrons. The summed E-state index contributed by atoms with van der Waals surface area (Å²) >= 11 is 1.53. The number of hydrogen-bond donors (Lipinski definition) is 2. The van der Waals surface area contributed by atoms with Gasteiger partial charge in [-0.2, -0.15) is 0 Å². The van der Waals surface area contributed by atoms with E-state index < -0.39 is 17.6 Å². The minimum Gasteiger partial charge on any atom is -0.491 e. The van der Waals surface area contributed by atoms with E-state index in [4.69, 9.17) is 4.74 Å². The fourth-order valence-corrected chi connectivity index (χ4v) is 4.69. The van der Waals surface area contributed by atoms with Crippen LogP contribution in [-0.4, -0.2) is 27.4 Å². The molecule has 1 amide bonds. The fraction of sp³-hybridized carbons (Fsp3) is 0.464. The molecule has 1 aromatic carbocycles. The lowest BCUT2D eigenvalue weighted by molar-refractivity contribution is 0.170. The van der Waals surface area contributed by atoms with Crippen molar-refractivity contribution in [3.05, 3.63) is 56.4 Å². The summed E-state index contributed by atoms with van der Waals surface area (Å²) in [5.74, 6) is 0.740. The van der Waals surface area contributed by atoms with E-state index in [9.17, 15) is 14.7 Å². The van der Waals surface area contributed by atoms with Gasteiger partial charge in [-0.15, -0.1) is 11.3 Å². The highest BCUT2D eigenvalue weighted by Crippen LogP contribution is 2.41. The van der Waals surface area contributed by atoms with Crippen molar-refractivity contribution < 1.29 is 14.6 Å². The van der Waals surface area contributed by atoms with E-state index in [2.05, 4.69) is 17.2 Å². The van der Waals surface area contributed by atoms with Crippen LogP contribution in [0.1, 0.15) is 77.4 Å². The predicted octanol–water partition coefficient (Wildman–Crippen LogP) is 6.82. The van der Waals surface area contributed by atoms with Gasteiger partial charge in [-0.1, -0.05) is 60.1 Å². The SMILES string of the molecule is CCCCOc1c(C(NC(=O)O)C(C)(C)C)n(CC(C)C)c(=O)c2ccc(/C=C/c3cscn3)cc12. The maximum Gasteiger partial charge on any atom is 0.405 e. The Hall–Kier alpha value is -3.13. The molecule has 0 saturated carbocycles. The van der Waals surface area contributed by atoms with Crippen LogP contribution in [0, 0.1) is 11.3 Å². The van der Waals surface area contributed by atoms with E-state index in [1.807, 2.05) is 70.3 Å². The summed E-state index contributed by atoms with van der Waals surface area (Å²) in [5.41, 5.74) is 3.47. The molecule has 3 aromatic rings. The molecule has 0 bridgehead atoms.